The van der Waals surface area contributed by atoms with Crippen LogP contribution < -0.4 is 5.32 Å². The fraction of sp³-hybridized carbons (Fsp3) is 0.538. The smallest absolute Gasteiger partial charge is 0.381 e. The molecule has 1 saturated heterocycles. The van der Waals surface area contributed by atoms with Crippen molar-refractivity contribution in [2.45, 2.75) is 18.6 Å². The number of hydrogen-bond acceptors (Lipinski definition) is 2. The van der Waals surface area contributed by atoms with E-state index < -0.39 is 17.6 Å². The Morgan fingerprint density at radius 3 is 2.63 bits per heavy atom. The summed E-state index contributed by atoms with van der Waals surface area (Å²) < 4.78 is 56.6. The highest BCUT2D eigenvalue weighted by Crippen LogP contribution is 2.35. The molecular formula is C13H15F4NO. The van der Waals surface area contributed by atoms with Crippen molar-refractivity contribution in [2.24, 2.45) is 5.92 Å². The molecule has 1 aromatic rings. The first-order valence-corrected chi connectivity index (χ1v) is 6.05. The van der Waals surface area contributed by atoms with Gasteiger partial charge in [0.25, 0.3) is 0 Å². The van der Waals surface area contributed by atoms with E-state index >= 15 is 0 Å². The molecule has 2 atom stereocenters. The van der Waals surface area contributed by atoms with Crippen LogP contribution in [0, 0.1) is 11.7 Å². The highest BCUT2D eigenvalue weighted by molar-refractivity contribution is 5.30. The number of hydrogen-bond donors (Lipinski definition) is 1. The number of ether oxygens (including phenoxy) is 1. The molecule has 1 fully saturated rings. The van der Waals surface area contributed by atoms with Crippen LogP contribution in [-0.2, 0) is 10.9 Å². The highest BCUT2D eigenvalue weighted by atomic mass is 19.4. The first-order chi connectivity index (χ1) is 8.93. The maximum Gasteiger partial charge on any atom is 0.419 e. The van der Waals surface area contributed by atoms with Gasteiger partial charge in [-0.3, -0.25) is 0 Å². The lowest BCUT2D eigenvalue weighted by atomic mass is 9.91. The Bertz CT molecular complexity index is 441. The highest BCUT2D eigenvalue weighted by Gasteiger charge is 2.35. The Morgan fingerprint density at radius 2 is 2.11 bits per heavy atom. The van der Waals surface area contributed by atoms with E-state index in [2.05, 4.69) is 5.32 Å². The molecule has 19 heavy (non-hydrogen) atoms. The molecule has 1 heterocycles. The quantitative estimate of drug-likeness (QED) is 0.857. The maximum absolute atomic E-state index is 13.2. The Labute approximate surface area is 108 Å². The summed E-state index contributed by atoms with van der Waals surface area (Å²) in [6, 6.07) is 2.89. The standard InChI is InChI=1S/C13H15F4NO/c1-18-12(9-4-5-19-7-9)8-2-3-11(14)10(6-8)13(15,16)17/h2-3,6,9,12,18H,4-5,7H2,1H3. The summed E-state index contributed by atoms with van der Waals surface area (Å²) in [6.45, 7) is 1.11. The first-order valence-electron chi connectivity index (χ1n) is 6.05. The summed E-state index contributed by atoms with van der Waals surface area (Å²) in [5.41, 5.74) is -0.782. The molecule has 0 bridgehead atoms. The van der Waals surface area contributed by atoms with Crippen molar-refractivity contribution >= 4 is 0 Å². The second kappa shape index (κ2) is 5.46. The van der Waals surface area contributed by atoms with Gasteiger partial charge in [0.15, 0.2) is 0 Å². The van der Waals surface area contributed by atoms with Gasteiger partial charge in [-0.1, -0.05) is 6.07 Å². The predicted molar refractivity (Wildman–Crippen MR) is 62.1 cm³/mol. The Morgan fingerprint density at radius 1 is 1.37 bits per heavy atom. The number of alkyl halides is 3. The predicted octanol–water partition coefficient (Wildman–Crippen LogP) is 3.14. The minimum atomic E-state index is -4.68. The Hall–Kier alpha value is -1.14. The monoisotopic (exact) mass is 277 g/mol. The van der Waals surface area contributed by atoms with Crippen LogP contribution in [0.1, 0.15) is 23.6 Å². The second-order valence-corrected chi connectivity index (χ2v) is 4.63. The van der Waals surface area contributed by atoms with E-state index in [-0.39, 0.29) is 12.0 Å². The molecule has 1 aliphatic rings. The van der Waals surface area contributed by atoms with Crippen LogP contribution in [0.2, 0.25) is 0 Å². The van der Waals surface area contributed by atoms with Crippen molar-refractivity contribution in [3.8, 4) is 0 Å². The van der Waals surface area contributed by atoms with Crippen LogP contribution in [0.15, 0.2) is 18.2 Å². The van der Waals surface area contributed by atoms with E-state index in [1.165, 1.54) is 6.07 Å². The first kappa shape index (κ1) is 14.3. The van der Waals surface area contributed by atoms with E-state index in [1.807, 2.05) is 0 Å². The van der Waals surface area contributed by atoms with Crippen molar-refractivity contribution in [1.82, 2.24) is 5.32 Å². The summed E-state index contributed by atoms with van der Waals surface area (Å²) >= 11 is 0. The molecule has 0 saturated carbocycles. The lowest BCUT2D eigenvalue weighted by Gasteiger charge is -2.23. The third-order valence-corrected chi connectivity index (χ3v) is 3.40. The average molecular weight is 277 g/mol. The number of benzene rings is 1. The molecule has 6 heteroatoms. The molecule has 2 nitrogen and oxygen atoms in total. The van der Waals surface area contributed by atoms with Crippen LogP contribution in [0.5, 0.6) is 0 Å². The van der Waals surface area contributed by atoms with Crippen molar-refractivity contribution < 1.29 is 22.3 Å². The molecule has 106 valence electrons. The van der Waals surface area contributed by atoms with Crippen LogP contribution in [0.4, 0.5) is 17.6 Å². The third kappa shape index (κ3) is 3.06. The second-order valence-electron chi connectivity index (χ2n) is 4.63. The lowest BCUT2D eigenvalue weighted by Crippen LogP contribution is -2.26. The van der Waals surface area contributed by atoms with Gasteiger partial charge in [0.2, 0.25) is 0 Å². The van der Waals surface area contributed by atoms with Crippen molar-refractivity contribution in [3.63, 3.8) is 0 Å². The van der Waals surface area contributed by atoms with Crippen LogP contribution in [-0.4, -0.2) is 20.3 Å². The zero-order chi connectivity index (χ0) is 14.0. The molecular weight excluding hydrogens is 262 g/mol. The van der Waals surface area contributed by atoms with Crippen LogP contribution >= 0.6 is 0 Å². The Kier molecular flexibility index (Phi) is 4.10. The van der Waals surface area contributed by atoms with Gasteiger partial charge in [-0.15, -0.1) is 0 Å². The molecule has 0 aromatic heterocycles. The summed E-state index contributed by atoms with van der Waals surface area (Å²) in [4.78, 5) is 0. The SMILES string of the molecule is CNC(c1ccc(F)c(C(F)(F)F)c1)C1CCOC1. The molecule has 1 aromatic carbocycles. The lowest BCUT2D eigenvalue weighted by molar-refractivity contribution is -0.140. The van der Waals surface area contributed by atoms with Gasteiger partial charge in [0.05, 0.1) is 12.2 Å². The van der Waals surface area contributed by atoms with Crippen molar-refractivity contribution in [2.75, 3.05) is 20.3 Å². The van der Waals surface area contributed by atoms with Gasteiger partial charge in [-0.05, 0) is 31.2 Å². The molecule has 2 unspecified atom stereocenters. The maximum atomic E-state index is 13.2. The number of halogens is 4. The third-order valence-electron chi connectivity index (χ3n) is 3.40. The Balaban J connectivity index is 2.33. The molecule has 0 amide bonds. The minimum Gasteiger partial charge on any atom is -0.381 e. The normalized spacial score (nSPS) is 21.6. The molecule has 0 radical (unpaired) electrons. The van der Waals surface area contributed by atoms with E-state index in [9.17, 15) is 17.6 Å². The molecule has 1 N–H and O–H groups in total. The van der Waals surface area contributed by atoms with Crippen molar-refractivity contribution in [1.29, 1.82) is 0 Å². The van der Waals surface area contributed by atoms with E-state index in [0.717, 1.165) is 18.6 Å². The van der Waals surface area contributed by atoms with Gasteiger partial charge in [0, 0.05) is 18.6 Å². The van der Waals surface area contributed by atoms with Gasteiger partial charge in [-0.2, -0.15) is 13.2 Å². The summed E-state index contributed by atoms with van der Waals surface area (Å²) in [7, 11) is 1.68. The molecule has 1 aliphatic heterocycles. The summed E-state index contributed by atoms with van der Waals surface area (Å²) in [5.74, 6) is -1.13. The average Bonchev–Trinajstić information content (AvgIpc) is 2.84. The topological polar surface area (TPSA) is 21.3 Å². The fourth-order valence-electron chi connectivity index (χ4n) is 2.44. The van der Waals surface area contributed by atoms with E-state index in [0.29, 0.717) is 18.8 Å². The van der Waals surface area contributed by atoms with Gasteiger partial charge >= 0.3 is 6.18 Å². The molecule has 0 aliphatic carbocycles. The van der Waals surface area contributed by atoms with Crippen LogP contribution in [0.3, 0.4) is 0 Å². The number of nitrogens with one attached hydrogen (secondary N) is 1. The zero-order valence-corrected chi connectivity index (χ0v) is 10.4. The van der Waals surface area contributed by atoms with E-state index in [1.54, 1.807) is 7.05 Å². The van der Waals surface area contributed by atoms with Crippen LogP contribution in [0.25, 0.3) is 0 Å². The summed E-state index contributed by atoms with van der Waals surface area (Å²) in [6.07, 6.45) is -3.89. The largest absolute Gasteiger partial charge is 0.419 e. The molecule has 2 rings (SSSR count). The van der Waals surface area contributed by atoms with Gasteiger partial charge < -0.3 is 10.1 Å². The number of rotatable bonds is 3. The minimum absolute atomic E-state index is 0.108. The van der Waals surface area contributed by atoms with Gasteiger partial charge in [0.1, 0.15) is 5.82 Å². The van der Waals surface area contributed by atoms with Crippen molar-refractivity contribution in [3.05, 3.63) is 35.1 Å². The van der Waals surface area contributed by atoms with Gasteiger partial charge in [-0.25, -0.2) is 4.39 Å². The van der Waals surface area contributed by atoms with E-state index in [4.69, 9.17) is 4.74 Å². The summed E-state index contributed by atoms with van der Waals surface area (Å²) in [5, 5.41) is 2.99. The zero-order valence-electron chi connectivity index (χ0n) is 10.4. The molecule has 0 spiro atoms. The fourth-order valence-corrected chi connectivity index (χ4v) is 2.44.